The first-order valence-corrected chi connectivity index (χ1v) is 11.4. The Hall–Kier alpha value is -2.09. The zero-order valence-corrected chi connectivity index (χ0v) is 19.3. The molecule has 1 aromatic carbocycles. The van der Waals surface area contributed by atoms with Crippen LogP contribution in [0, 0.1) is 6.92 Å². The monoisotopic (exact) mass is 430 g/mol. The van der Waals surface area contributed by atoms with Gasteiger partial charge >= 0.3 is 0 Å². The molecule has 2 N–H and O–H groups in total. The molecule has 164 valence electrons. The van der Waals surface area contributed by atoms with E-state index in [1.54, 1.807) is 18.4 Å². The smallest absolute Gasteiger partial charge is 0.191 e. The highest BCUT2D eigenvalue weighted by Gasteiger charge is 2.18. The maximum absolute atomic E-state index is 6.12. The second-order valence-corrected chi connectivity index (χ2v) is 8.84. The van der Waals surface area contributed by atoms with Gasteiger partial charge in [-0.15, -0.1) is 11.3 Å². The minimum Gasteiger partial charge on any atom is -0.491 e. The van der Waals surface area contributed by atoms with Gasteiger partial charge in [0, 0.05) is 37.2 Å². The van der Waals surface area contributed by atoms with E-state index in [-0.39, 0.29) is 6.10 Å². The van der Waals surface area contributed by atoms with Crippen LogP contribution in [0.3, 0.4) is 0 Å². The van der Waals surface area contributed by atoms with Crippen LogP contribution in [0.15, 0.2) is 40.7 Å². The van der Waals surface area contributed by atoms with Crippen molar-refractivity contribution in [3.63, 3.8) is 0 Å². The average molecular weight is 431 g/mol. The van der Waals surface area contributed by atoms with E-state index >= 15 is 0 Å². The zero-order valence-electron chi connectivity index (χ0n) is 18.5. The van der Waals surface area contributed by atoms with Gasteiger partial charge in [-0.25, -0.2) is 0 Å². The Morgan fingerprint density at radius 1 is 1.33 bits per heavy atom. The highest BCUT2D eigenvalue weighted by molar-refractivity contribution is 7.10. The molecule has 6 nitrogen and oxygen atoms in total. The number of thiophene rings is 1. The van der Waals surface area contributed by atoms with Gasteiger partial charge in [0.1, 0.15) is 12.4 Å². The fraction of sp³-hybridized carbons (Fsp3) is 0.522. The molecule has 2 aromatic rings. The Kier molecular flexibility index (Phi) is 8.54. The largest absolute Gasteiger partial charge is 0.491 e. The molecule has 0 bridgehead atoms. The number of likely N-dealkylation sites (N-methyl/N-ethyl adjacent to an activating group) is 1. The molecule has 2 heterocycles. The van der Waals surface area contributed by atoms with Crippen LogP contribution in [-0.4, -0.2) is 57.9 Å². The van der Waals surface area contributed by atoms with Crippen LogP contribution in [0.5, 0.6) is 5.75 Å². The summed E-state index contributed by atoms with van der Waals surface area (Å²) in [5, 5.41) is 9.01. The van der Waals surface area contributed by atoms with Crippen molar-refractivity contribution < 1.29 is 9.47 Å². The number of aliphatic imine (C=N–C) groups is 1. The number of nitrogens with one attached hydrogen (secondary N) is 2. The summed E-state index contributed by atoms with van der Waals surface area (Å²) < 4.78 is 11.8. The van der Waals surface area contributed by atoms with E-state index in [9.17, 15) is 0 Å². The lowest BCUT2D eigenvalue weighted by molar-refractivity contribution is 0.0676. The van der Waals surface area contributed by atoms with Crippen molar-refractivity contribution in [2.45, 2.75) is 38.5 Å². The van der Waals surface area contributed by atoms with E-state index in [1.165, 1.54) is 10.4 Å². The van der Waals surface area contributed by atoms with Gasteiger partial charge in [-0.2, -0.15) is 0 Å². The van der Waals surface area contributed by atoms with Crippen molar-refractivity contribution >= 4 is 17.3 Å². The van der Waals surface area contributed by atoms with Crippen LogP contribution in [0.1, 0.15) is 34.9 Å². The number of aryl methyl sites for hydroxylation is 1. The first-order chi connectivity index (χ1) is 14.6. The summed E-state index contributed by atoms with van der Waals surface area (Å²) in [6.07, 6.45) is 2.41. The Balaban J connectivity index is 1.56. The normalized spacial score (nSPS) is 17.9. The molecule has 0 amide bonds. The summed E-state index contributed by atoms with van der Waals surface area (Å²) in [5.74, 6) is 1.70. The van der Waals surface area contributed by atoms with Crippen LogP contribution in [0.25, 0.3) is 0 Å². The number of benzene rings is 1. The molecule has 1 saturated heterocycles. The average Bonchev–Trinajstić information content (AvgIpc) is 3.44. The predicted octanol–water partition coefficient (Wildman–Crippen LogP) is 3.58. The van der Waals surface area contributed by atoms with Gasteiger partial charge in [0.15, 0.2) is 5.96 Å². The molecule has 0 aliphatic carbocycles. The number of hydrogen-bond acceptors (Lipinski definition) is 5. The molecule has 1 aromatic heterocycles. The Labute approximate surface area is 184 Å². The van der Waals surface area contributed by atoms with Crippen LogP contribution in [0.4, 0.5) is 0 Å². The maximum atomic E-state index is 6.12. The molecular weight excluding hydrogens is 396 g/mol. The van der Waals surface area contributed by atoms with Gasteiger partial charge in [-0.1, -0.05) is 18.2 Å². The minimum atomic E-state index is 0.209. The summed E-state index contributed by atoms with van der Waals surface area (Å²) >= 11 is 1.78. The van der Waals surface area contributed by atoms with Crippen LogP contribution in [-0.2, 0) is 11.3 Å². The van der Waals surface area contributed by atoms with E-state index in [1.807, 2.05) is 0 Å². The Morgan fingerprint density at radius 2 is 2.20 bits per heavy atom. The van der Waals surface area contributed by atoms with E-state index < -0.39 is 0 Å². The number of guanidine groups is 1. The molecular formula is C23H34N4O2S. The third kappa shape index (κ3) is 6.45. The fourth-order valence-electron chi connectivity index (χ4n) is 3.51. The number of ether oxygens (including phenoxy) is 2. The van der Waals surface area contributed by atoms with E-state index in [0.717, 1.165) is 43.3 Å². The van der Waals surface area contributed by atoms with Gasteiger partial charge in [-0.3, -0.25) is 4.99 Å². The number of rotatable bonds is 9. The van der Waals surface area contributed by atoms with Crippen molar-refractivity contribution in [2.75, 3.05) is 40.9 Å². The van der Waals surface area contributed by atoms with Gasteiger partial charge < -0.3 is 25.0 Å². The fourth-order valence-corrected chi connectivity index (χ4v) is 4.43. The molecule has 1 aliphatic heterocycles. The number of nitrogens with zero attached hydrogens (tertiary/aromatic N) is 2. The quantitative estimate of drug-likeness (QED) is 0.470. The van der Waals surface area contributed by atoms with Gasteiger partial charge in [-0.05, 0) is 56.9 Å². The van der Waals surface area contributed by atoms with Crippen LogP contribution >= 0.6 is 11.3 Å². The first kappa shape index (κ1) is 22.6. The molecule has 2 unspecified atom stereocenters. The molecule has 1 fully saturated rings. The summed E-state index contributed by atoms with van der Waals surface area (Å²) in [7, 11) is 6.01. The summed E-state index contributed by atoms with van der Waals surface area (Å²) in [6, 6.07) is 10.9. The van der Waals surface area contributed by atoms with Crippen molar-refractivity contribution in [3.8, 4) is 5.75 Å². The highest BCUT2D eigenvalue weighted by Crippen LogP contribution is 2.23. The molecule has 3 rings (SSSR count). The van der Waals surface area contributed by atoms with Crippen molar-refractivity contribution in [1.29, 1.82) is 0 Å². The van der Waals surface area contributed by atoms with E-state index in [2.05, 4.69) is 77.3 Å². The highest BCUT2D eigenvalue weighted by atomic mass is 32.1. The SMILES string of the molecule is CN=C(NCc1ccc(C)cc1OCC1CCCO1)NCC(c1cccs1)N(C)C. The van der Waals surface area contributed by atoms with Crippen molar-refractivity contribution in [3.05, 3.63) is 51.7 Å². The second-order valence-electron chi connectivity index (χ2n) is 7.86. The third-order valence-corrected chi connectivity index (χ3v) is 6.27. The lowest BCUT2D eigenvalue weighted by Gasteiger charge is -2.24. The van der Waals surface area contributed by atoms with Crippen molar-refractivity contribution in [1.82, 2.24) is 15.5 Å². The zero-order chi connectivity index (χ0) is 21.3. The van der Waals surface area contributed by atoms with Crippen LogP contribution in [0.2, 0.25) is 0 Å². The summed E-state index contributed by atoms with van der Waals surface area (Å²) in [5.41, 5.74) is 2.30. The predicted molar refractivity (Wildman–Crippen MR) is 125 cm³/mol. The van der Waals surface area contributed by atoms with Gasteiger partial charge in [0.25, 0.3) is 0 Å². The Bertz CT molecular complexity index is 802. The maximum Gasteiger partial charge on any atom is 0.191 e. The van der Waals surface area contributed by atoms with Gasteiger partial charge in [0.05, 0.1) is 12.1 Å². The van der Waals surface area contributed by atoms with Crippen LogP contribution < -0.4 is 15.4 Å². The van der Waals surface area contributed by atoms with Gasteiger partial charge in [0.2, 0.25) is 0 Å². The molecule has 0 spiro atoms. The van der Waals surface area contributed by atoms with Crippen molar-refractivity contribution in [2.24, 2.45) is 4.99 Å². The first-order valence-electron chi connectivity index (χ1n) is 10.5. The minimum absolute atomic E-state index is 0.209. The summed E-state index contributed by atoms with van der Waals surface area (Å²) in [6.45, 7) is 4.96. The molecule has 7 heteroatoms. The Morgan fingerprint density at radius 3 is 2.87 bits per heavy atom. The van der Waals surface area contributed by atoms with E-state index in [0.29, 0.717) is 19.2 Å². The molecule has 0 saturated carbocycles. The van der Waals surface area contributed by atoms with E-state index in [4.69, 9.17) is 9.47 Å². The topological polar surface area (TPSA) is 58.1 Å². The second kappa shape index (κ2) is 11.3. The number of hydrogen-bond donors (Lipinski definition) is 2. The molecule has 30 heavy (non-hydrogen) atoms. The molecule has 2 atom stereocenters. The molecule has 0 radical (unpaired) electrons. The standard InChI is InChI=1S/C23H34N4O2S/c1-17-9-10-18(21(13-17)29-16-19-7-5-11-28-19)14-25-23(24-2)26-15-20(27(3)4)22-8-6-12-30-22/h6,8-10,12-13,19-20H,5,7,11,14-16H2,1-4H3,(H2,24,25,26). The molecule has 1 aliphatic rings. The third-order valence-electron chi connectivity index (χ3n) is 5.30. The lowest BCUT2D eigenvalue weighted by atomic mass is 10.1. The summed E-state index contributed by atoms with van der Waals surface area (Å²) in [4.78, 5) is 7.95. The lowest BCUT2D eigenvalue weighted by Crippen LogP contribution is -2.41.